The minimum atomic E-state index is -1.35. The zero-order chi connectivity index (χ0) is 20.4. The molecular weight excluding hydrogens is 372 g/mol. The van der Waals surface area contributed by atoms with Gasteiger partial charge < -0.3 is 14.5 Å². The van der Waals surface area contributed by atoms with E-state index in [1.807, 2.05) is 36.4 Å². The molecule has 1 aliphatic rings. The molecule has 0 atom stereocenters. The van der Waals surface area contributed by atoms with Crippen LogP contribution in [-0.4, -0.2) is 29.9 Å². The lowest BCUT2D eigenvalue weighted by molar-refractivity contribution is -0.130. The van der Waals surface area contributed by atoms with Crippen LogP contribution in [-0.2, 0) is 21.6 Å². The van der Waals surface area contributed by atoms with Crippen LogP contribution in [0.1, 0.15) is 27.2 Å². The summed E-state index contributed by atoms with van der Waals surface area (Å²) >= 11 is 0. The highest BCUT2D eigenvalue weighted by Crippen LogP contribution is 2.36. The number of methoxy groups -OCH3 is 1. The highest BCUT2D eigenvalue weighted by molar-refractivity contribution is 6.09. The first kappa shape index (κ1) is 18.5. The minimum absolute atomic E-state index is 0.0370. The number of carbonyl (C=O) groups is 3. The number of ether oxygens (including phenoxy) is 1. The number of imide groups is 1. The molecular formula is C22H18N2O5. The summed E-state index contributed by atoms with van der Waals surface area (Å²) in [7, 11) is 1.23. The number of carbonyl (C=O) groups excluding carboxylic acids is 3. The van der Waals surface area contributed by atoms with Gasteiger partial charge >= 0.3 is 12.0 Å². The number of urea groups is 1. The molecule has 3 amide bonds. The van der Waals surface area contributed by atoms with Crippen molar-refractivity contribution in [3.8, 4) is 0 Å². The number of hydrogen-bond acceptors (Lipinski definition) is 5. The molecule has 7 heteroatoms. The first-order valence-electron chi connectivity index (χ1n) is 8.97. The van der Waals surface area contributed by atoms with Gasteiger partial charge in [0.05, 0.1) is 19.9 Å². The molecule has 1 fully saturated rings. The molecule has 1 saturated heterocycles. The first-order valence-corrected chi connectivity index (χ1v) is 8.97. The summed E-state index contributed by atoms with van der Waals surface area (Å²) in [6.07, 6.45) is 1.32. The van der Waals surface area contributed by atoms with E-state index in [9.17, 15) is 14.4 Å². The molecule has 2 aromatic carbocycles. The lowest BCUT2D eigenvalue weighted by Crippen LogP contribution is -2.45. The van der Waals surface area contributed by atoms with E-state index in [0.717, 1.165) is 4.90 Å². The van der Waals surface area contributed by atoms with Gasteiger partial charge in [-0.3, -0.25) is 9.69 Å². The van der Waals surface area contributed by atoms with Crippen molar-refractivity contribution in [1.29, 1.82) is 0 Å². The smallest absolute Gasteiger partial charge is 0.374 e. The molecule has 0 unspecified atom stereocenters. The van der Waals surface area contributed by atoms with Gasteiger partial charge in [-0.1, -0.05) is 60.7 Å². The number of esters is 1. The molecule has 29 heavy (non-hydrogen) atoms. The lowest BCUT2D eigenvalue weighted by atomic mass is 9.82. The van der Waals surface area contributed by atoms with E-state index in [4.69, 9.17) is 9.15 Å². The summed E-state index contributed by atoms with van der Waals surface area (Å²) in [6.45, 7) is -0.118. The zero-order valence-corrected chi connectivity index (χ0v) is 15.6. The Labute approximate surface area is 166 Å². The number of hydrogen-bond donors (Lipinski definition) is 1. The standard InChI is InChI=1S/C22H18N2O5/c1-28-19(25)18-15(12-13-29-18)14-24-20(26)22(23-21(24)27,16-8-4-2-5-9-16)17-10-6-3-7-11-17/h2-13H,14H2,1H3,(H,23,27). The van der Waals surface area contributed by atoms with Crippen LogP contribution in [0.2, 0.25) is 0 Å². The van der Waals surface area contributed by atoms with E-state index >= 15 is 0 Å². The summed E-state index contributed by atoms with van der Waals surface area (Å²) in [4.78, 5) is 39.4. The maximum Gasteiger partial charge on any atom is 0.374 e. The summed E-state index contributed by atoms with van der Waals surface area (Å²) < 4.78 is 9.87. The van der Waals surface area contributed by atoms with Gasteiger partial charge in [0.2, 0.25) is 5.76 Å². The molecule has 0 saturated carbocycles. The fourth-order valence-corrected chi connectivity index (χ4v) is 3.56. The molecule has 0 radical (unpaired) electrons. The van der Waals surface area contributed by atoms with Crippen LogP contribution in [0.25, 0.3) is 0 Å². The van der Waals surface area contributed by atoms with Crippen molar-refractivity contribution in [2.45, 2.75) is 12.1 Å². The fraction of sp³-hybridized carbons (Fsp3) is 0.136. The van der Waals surface area contributed by atoms with E-state index < -0.39 is 23.4 Å². The van der Waals surface area contributed by atoms with Gasteiger partial charge in [-0.25, -0.2) is 9.59 Å². The normalized spacial score (nSPS) is 15.3. The quantitative estimate of drug-likeness (QED) is 0.534. The second kappa shape index (κ2) is 7.27. The molecule has 3 aromatic rings. The molecule has 2 heterocycles. The molecule has 1 N–H and O–H groups in total. The van der Waals surface area contributed by atoms with Gasteiger partial charge in [-0.05, 0) is 17.2 Å². The van der Waals surface area contributed by atoms with E-state index in [0.29, 0.717) is 16.7 Å². The third-order valence-electron chi connectivity index (χ3n) is 4.97. The van der Waals surface area contributed by atoms with Crippen molar-refractivity contribution in [2.75, 3.05) is 7.11 Å². The largest absolute Gasteiger partial charge is 0.463 e. The number of rotatable bonds is 5. The van der Waals surface area contributed by atoms with Gasteiger partial charge in [-0.15, -0.1) is 0 Å². The summed E-state index contributed by atoms with van der Waals surface area (Å²) in [5.41, 5.74) is 0.325. The fourth-order valence-electron chi connectivity index (χ4n) is 3.56. The average molecular weight is 390 g/mol. The van der Waals surface area contributed by atoms with Gasteiger partial charge in [0.1, 0.15) is 0 Å². The van der Waals surface area contributed by atoms with E-state index in [1.54, 1.807) is 24.3 Å². The first-order chi connectivity index (χ1) is 14.1. The van der Waals surface area contributed by atoms with Crippen molar-refractivity contribution < 1.29 is 23.5 Å². The van der Waals surface area contributed by atoms with Gasteiger partial charge in [0.25, 0.3) is 5.91 Å². The second-order valence-corrected chi connectivity index (χ2v) is 6.57. The highest BCUT2D eigenvalue weighted by atomic mass is 16.5. The third kappa shape index (κ3) is 2.97. The van der Waals surface area contributed by atoms with Crippen molar-refractivity contribution in [2.24, 2.45) is 0 Å². The number of benzene rings is 2. The maximum atomic E-state index is 13.6. The lowest BCUT2D eigenvalue weighted by Gasteiger charge is -2.28. The summed E-state index contributed by atoms with van der Waals surface area (Å²) in [5.74, 6) is -1.14. The van der Waals surface area contributed by atoms with Crippen molar-refractivity contribution in [3.63, 3.8) is 0 Å². The Morgan fingerprint density at radius 1 is 1.00 bits per heavy atom. The Hall–Kier alpha value is -3.87. The molecule has 0 spiro atoms. The van der Waals surface area contributed by atoms with Crippen LogP contribution in [0, 0.1) is 0 Å². The van der Waals surface area contributed by atoms with Crippen LogP contribution in [0.4, 0.5) is 4.79 Å². The zero-order valence-electron chi connectivity index (χ0n) is 15.6. The van der Waals surface area contributed by atoms with Crippen molar-refractivity contribution >= 4 is 17.9 Å². The minimum Gasteiger partial charge on any atom is -0.463 e. The SMILES string of the molecule is COC(=O)c1occc1CN1C(=O)NC(c2ccccc2)(c2ccccc2)C1=O. The Morgan fingerprint density at radius 3 is 2.14 bits per heavy atom. The monoisotopic (exact) mass is 390 g/mol. The molecule has 1 aromatic heterocycles. The summed E-state index contributed by atoms with van der Waals surface area (Å²) in [5, 5.41) is 2.87. The predicted molar refractivity (Wildman–Crippen MR) is 103 cm³/mol. The molecule has 0 aliphatic carbocycles. The van der Waals surface area contributed by atoms with E-state index in [1.165, 1.54) is 19.4 Å². The second-order valence-electron chi connectivity index (χ2n) is 6.57. The van der Waals surface area contributed by atoms with E-state index in [-0.39, 0.29) is 12.3 Å². The topological polar surface area (TPSA) is 88.8 Å². The Bertz CT molecular complexity index is 1020. The Morgan fingerprint density at radius 2 is 1.59 bits per heavy atom. The van der Waals surface area contributed by atoms with Crippen molar-refractivity contribution in [3.05, 3.63) is 95.4 Å². The van der Waals surface area contributed by atoms with Gasteiger partial charge in [-0.2, -0.15) is 0 Å². The molecule has 4 rings (SSSR count). The molecule has 1 aliphatic heterocycles. The number of amides is 3. The van der Waals surface area contributed by atoms with Crippen molar-refractivity contribution in [1.82, 2.24) is 10.2 Å². The van der Waals surface area contributed by atoms with Gasteiger partial charge in [0.15, 0.2) is 5.54 Å². The predicted octanol–water partition coefficient (Wildman–Crippen LogP) is 3.06. The van der Waals surface area contributed by atoms with Gasteiger partial charge in [0, 0.05) is 5.56 Å². The van der Waals surface area contributed by atoms with Crippen LogP contribution in [0.15, 0.2) is 77.4 Å². The van der Waals surface area contributed by atoms with E-state index in [2.05, 4.69) is 5.32 Å². The van der Waals surface area contributed by atoms with Crippen LogP contribution in [0.5, 0.6) is 0 Å². The maximum absolute atomic E-state index is 13.6. The average Bonchev–Trinajstić information content (AvgIpc) is 3.33. The molecule has 0 bridgehead atoms. The highest BCUT2D eigenvalue weighted by Gasteiger charge is 2.53. The third-order valence-corrected chi connectivity index (χ3v) is 4.97. The molecule has 146 valence electrons. The number of nitrogens with zero attached hydrogens (tertiary/aromatic N) is 1. The number of nitrogens with one attached hydrogen (secondary N) is 1. The number of furan rings is 1. The summed E-state index contributed by atoms with van der Waals surface area (Å²) in [6, 6.07) is 19.1. The van der Waals surface area contributed by atoms with Crippen LogP contribution >= 0.6 is 0 Å². The molecule has 7 nitrogen and oxygen atoms in total. The van der Waals surface area contributed by atoms with Crippen LogP contribution in [0.3, 0.4) is 0 Å². The van der Waals surface area contributed by atoms with Crippen LogP contribution < -0.4 is 5.32 Å². The Kier molecular flexibility index (Phi) is 4.64. The Balaban J connectivity index is 1.77.